The molecule has 1 fully saturated rings. The van der Waals surface area contributed by atoms with E-state index < -0.39 is 5.91 Å². The summed E-state index contributed by atoms with van der Waals surface area (Å²) in [6.07, 6.45) is 2.14. The molecule has 1 aliphatic rings. The lowest BCUT2D eigenvalue weighted by Crippen LogP contribution is -2.33. The Morgan fingerprint density at radius 3 is 2.75 bits per heavy atom. The van der Waals surface area contributed by atoms with E-state index in [4.69, 9.17) is 11.6 Å². The van der Waals surface area contributed by atoms with E-state index in [2.05, 4.69) is 26.2 Å². The van der Waals surface area contributed by atoms with Gasteiger partial charge in [-0.2, -0.15) is 0 Å². The van der Waals surface area contributed by atoms with Gasteiger partial charge < -0.3 is 10.6 Å². The Hall–Kier alpha value is -3.26. The van der Waals surface area contributed by atoms with Gasteiger partial charge in [0.05, 0.1) is 23.2 Å². The molecule has 0 saturated heterocycles. The molecule has 1 aliphatic carbocycles. The normalized spacial score (nSPS) is 13.2. The molecule has 2 amide bonds. The minimum Gasteiger partial charge on any atom is -0.343 e. The van der Waals surface area contributed by atoms with E-state index in [0.29, 0.717) is 28.1 Å². The van der Waals surface area contributed by atoms with Gasteiger partial charge in [-0.05, 0) is 47.5 Å². The number of carbonyl (C=O) groups is 2. The highest BCUT2D eigenvalue weighted by molar-refractivity contribution is 6.33. The Balaban J connectivity index is 1.39. The first kappa shape index (κ1) is 18.1. The summed E-state index contributed by atoms with van der Waals surface area (Å²) in [5.41, 5.74) is 1.74. The van der Waals surface area contributed by atoms with Gasteiger partial charge in [0.1, 0.15) is 0 Å². The minimum atomic E-state index is -0.405. The van der Waals surface area contributed by atoms with E-state index in [0.717, 1.165) is 18.4 Å². The maximum Gasteiger partial charge on any atom is 0.253 e. The van der Waals surface area contributed by atoms with Gasteiger partial charge in [0.15, 0.2) is 5.82 Å². The number of nitrogens with zero attached hydrogens (tertiary/aromatic N) is 4. The Kier molecular flexibility index (Phi) is 5.03. The van der Waals surface area contributed by atoms with Crippen molar-refractivity contribution >= 4 is 29.1 Å². The van der Waals surface area contributed by atoms with Gasteiger partial charge in [-0.1, -0.05) is 35.9 Å². The summed E-state index contributed by atoms with van der Waals surface area (Å²) in [5, 5.41) is 17.5. The van der Waals surface area contributed by atoms with Crippen LogP contribution in [0.1, 0.15) is 29.2 Å². The number of aromatic nitrogens is 4. The molecule has 9 heteroatoms. The number of hydrogen-bond donors (Lipinski definition) is 2. The second-order valence-corrected chi connectivity index (χ2v) is 6.88. The lowest BCUT2D eigenvalue weighted by Gasteiger charge is -2.09. The fourth-order valence-corrected chi connectivity index (χ4v) is 3.01. The number of carbonyl (C=O) groups excluding carboxylic acids is 2. The van der Waals surface area contributed by atoms with Crippen molar-refractivity contribution in [3.05, 3.63) is 59.1 Å². The predicted octanol–water partition coefficient (Wildman–Crippen LogP) is 2.70. The van der Waals surface area contributed by atoms with Crippen molar-refractivity contribution in [3.8, 4) is 11.4 Å². The number of benzene rings is 2. The number of tetrazole rings is 1. The number of rotatable bonds is 6. The fraction of sp³-hybridized carbons (Fsp3) is 0.211. The van der Waals surface area contributed by atoms with Crippen molar-refractivity contribution in [3.63, 3.8) is 0 Å². The molecular formula is C19H17ClN6O2. The summed E-state index contributed by atoms with van der Waals surface area (Å²) in [4.78, 5) is 24.4. The highest BCUT2D eigenvalue weighted by Crippen LogP contribution is 2.36. The Bertz CT molecular complexity index is 1030. The number of amides is 2. The van der Waals surface area contributed by atoms with Crippen LogP contribution in [0.25, 0.3) is 11.4 Å². The van der Waals surface area contributed by atoms with Gasteiger partial charge in [0.2, 0.25) is 5.91 Å². The van der Waals surface area contributed by atoms with E-state index in [1.54, 1.807) is 36.4 Å². The molecule has 0 bridgehead atoms. The molecule has 0 atom stereocenters. The van der Waals surface area contributed by atoms with Crippen LogP contribution in [-0.4, -0.2) is 38.6 Å². The molecular weight excluding hydrogens is 380 g/mol. The first-order chi connectivity index (χ1) is 13.6. The zero-order chi connectivity index (χ0) is 19.5. The summed E-state index contributed by atoms with van der Waals surface area (Å²) in [6.45, 7) is -0.173. The number of nitrogens with one attached hydrogen (secondary N) is 2. The molecule has 2 N–H and O–H groups in total. The molecule has 0 radical (unpaired) electrons. The third kappa shape index (κ3) is 4.01. The maximum atomic E-state index is 12.2. The number of anilines is 1. The summed E-state index contributed by atoms with van der Waals surface area (Å²) in [7, 11) is 0. The zero-order valence-corrected chi connectivity index (χ0v) is 15.6. The quantitative estimate of drug-likeness (QED) is 0.667. The van der Waals surface area contributed by atoms with Gasteiger partial charge in [0, 0.05) is 11.3 Å². The molecule has 1 saturated carbocycles. The van der Waals surface area contributed by atoms with Crippen LogP contribution in [0.4, 0.5) is 5.69 Å². The molecule has 1 heterocycles. The van der Waals surface area contributed by atoms with Crippen LogP contribution in [-0.2, 0) is 4.79 Å². The Morgan fingerprint density at radius 2 is 1.96 bits per heavy atom. The number of halogens is 1. The zero-order valence-electron chi connectivity index (χ0n) is 14.8. The monoisotopic (exact) mass is 396 g/mol. The summed E-state index contributed by atoms with van der Waals surface area (Å²) < 4.78 is 1.81. The highest BCUT2D eigenvalue weighted by Gasteiger charge is 2.28. The van der Waals surface area contributed by atoms with Crippen molar-refractivity contribution in [1.82, 2.24) is 25.5 Å². The minimum absolute atomic E-state index is 0.173. The van der Waals surface area contributed by atoms with Gasteiger partial charge in [-0.3, -0.25) is 9.59 Å². The molecule has 28 heavy (non-hydrogen) atoms. The second-order valence-electron chi connectivity index (χ2n) is 6.47. The number of hydrogen-bond acceptors (Lipinski definition) is 5. The summed E-state index contributed by atoms with van der Waals surface area (Å²) >= 11 is 5.99. The van der Waals surface area contributed by atoms with Crippen molar-refractivity contribution in [2.24, 2.45) is 0 Å². The van der Waals surface area contributed by atoms with E-state index in [1.807, 2.05) is 16.8 Å². The molecule has 2 aromatic carbocycles. The first-order valence-corrected chi connectivity index (χ1v) is 9.20. The van der Waals surface area contributed by atoms with E-state index in [9.17, 15) is 9.59 Å². The van der Waals surface area contributed by atoms with Crippen molar-refractivity contribution in [2.75, 3.05) is 11.9 Å². The van der Waals surface area contributed by atoms with Gasteiger partial charge in [-0.15, -0.1) is 5.10 Å². The van der Waals surface area contributed by atoms with Crippen LogP contribution in [0, 0.1) is 0 Å². The van der Waals surface area contributed by atoms with Gasteiger partial charge in [-0.25, -0.2) is 4.68 Å². The van der Waals surface area contributed by atoms with Crippen LogP contribution in [0.3, 0.4) is 0 Å². The fourth-order valence-electron chi connectivity index (χ4n) is 2.79. The largest absolute Gasteiger partial charge is 0.343 e. The molecule has 4 rings (SSSR count). The summed E-state index contributed by atoms with van der Waals surface area (Å²) in [5.74, 6) is -0.0805. The average Bonchev–Trinajstić information content (AvgIpc) is 3.43. The Labute approximate surface area is 165 Å². The molecule has 3 aromatic rings. The highest BCUT2D eigenvalue weighted by atomic mass is 35.5. The topological polar surface area (TPSA) is 102 Å². The third-order valence-corrected chi connectivity index (χ3v) is 4.65. The van der Waals surface area contributed by atoms with Crippen LogP contribution >= 0.6 is 11.6 Å². The predicted molar refractivity (Wildman–Crippen MR) is 104 cm³/mol. The van der Waals surface area contributed by atoms with Crippen molar-refractivity contribution in [2.45, 2.75) is 18.9 Å². The van der Waals surface area contributed by atoms with Crippen LogP contribution in [0.15, 0.2) is 48.5 Å². The van der Waals surface area contributed by atoms with Crippen molar-refractivity contribution in [1.29, 1.82) is 0 Å². The molecule has 0 spiro atoms. The molecule has 0 aliphatic heterocycles. The van der Waals surface area contributed by atoms with Crippen LogP contribution in [0.2, 0.25) is 5.02 Å². The van der Waals surface area contributed by atoms with Gasteiger partial charge >= 0.3 is 0 Å². The lowest BCUT2D eigenvalue weighted by molar-refractivity contribution is -0.115. The standard InChI is InChI=1S/C19H17ClN6O2/c20-16-7-2-1-6-15(16)19(28)21-11-17(27)22-13-5-3-4-12(10-13)18-23-24-25-26(18)14-8-9-14/h1-7,10,14H,8-9,11H2,(H,21,28)(H,22,27). The van der Waals surface area contributed by atoms with Crippen LogP contribution in [0.5, 0.6) is 0 Å². The van der Waals surface area contributed by atoms with E-state index >= 15 is 0 Å². The third-order valence-electron chi connectivity index (χ3n) is 4.32. The maximum absolute atomic E-state index is 12.2. The van der Waals surface area contributed by atoms with E-state index in [-0.39, 0.29) is 12.5 Å². The molecule has 1 aromatic heterocycles. The molecule has 142 valence electrons. The second kappa shape index (κ2) is 7.77. The SMILES string of the molecule is O=C(CNC(=O)c1ccccc1Cl)Nc1cccc(-c2nnnn2C2CC2)c1. The molecule has 0 unspecified atom stereocenters. The van der Waals surface area contributed by atoms with Crippen LogP contribution < -0.4 is 10.6 Å². The first-order valence-electron chi connectivity index (χ1n) is 8.82. The van der Waals surface area contributed by atoms with Gasteiger partial charge in [0.25, 0.3) is 5.91 Å². The van der Waals surface area contributed by atoms with Crippen molar-refractivity contribution < 1.29 is 9.59 Å². The van der Waals surface area contributed by atoms with E-state index in [1.165, 1.54) is 0 Å². The lowest BCUT2D eigenvalue weighted by atomic mass is 10.2. The Morgan fingerprint density at radius 1 is 1.14 bits per heavy atom. The molecule has 8 nitrogen and oxygen atoms in total. The summed E-state index contributed by atoms with van der Waals surface area (Å²) in [6, 6.07) is 14.3. The average molecular weight is 397 g/mol. The smallest absolute Gasteiger partial charge is 0.253 e.